The Bertz CT molecular complexity index is 470. The second kappa shape index (κ2) is 6.69. The summed E-state index contributed by atoms with van der Waals surface area (Å²) in [6.07, 6.45) is 4.16. The van der Waals surface area contributed by atoms with Crippen LogP contribution in [0.15, 0.2) is 24.3 Å². The molecule has 1 aromatic carbocycles. The van der Waals surface area contributed by atoms with E-state index in [0.717, 1.165) is 38.8 Å². The molecule has 1 aliphatic rings. The SMILES string of the molecule is CC(C)Cc1ccc(C(=O)C(=O)N2CCCCC2)cc1. The summed E-state index contributed by atoms with van der Waals surface area (Å²) in [5.41, 5.74) is 1.72. The van der Waals surface area contributed by atoms with Gasteiger partial charge in [0, 0.05) is 18.7 Å². The van der Waals surface area contributed by atoms with Gasteiger partial charge in [-0.15, -0.1) is 0 Å². The summed E-state index contributed by atoms with van der Waals surface area (Å²) >= 11 is 0. The fourth-order valence-corrected chi connectivity index (χ4v) is 2.63. The van der Waals surface area contributed by atoms with Crippen LogP contribution in [0.2, 0.25) is 0 Å². The third-order valence-corrected chi connectivity index (χ3v) is 3.70. The third kappa shape index (κ3) is 3.69. The van der Waals surface area contributed by atoms with E-state index < -0.39 is 0 Å². The summed E-state index contributed by atoms with van der Waals surface area (Å²) in [7, 11) is 0. The average molecular weight is 273 g/mol. The molecule has 0 atom stereocenters. The number of amides is 1. The molecule has 1 amide bonds. The molecular formula is C17H23NO2. The van der Waals surface area contributed by atoms with E-state index in [0.29, 0.717) is 11.5 Å². The van der Waals surface area contributed by atoms with Crippen LogP contribution in [0.4, 0.5) is 0 Å². The van der Waals surface area contributed by atoms with E-state index in [4.69, 9.17) is 0 Å². The lowest BCUT2D eigenvalue weighted by Crippen LogP contribution is -2.40. The van der Waals surface area contributed by atoms with E-state index in [1.165, 1.54) is 5.56 Å². The first kappa shape index (κ1) is 14.8. The Kier molecular flexibility index (Phi) is 4.94. The summed E-state index contributed by atoms with van der Waals surface area (Å²) < 4.78 is 0. The lowest BCUT2D eigenvalue weighted by atomic mass is 10.00. The number of Topliss-reactive ketones (excluding diaryl/α,β-unsaturated/α-hetero) is 1. The van der Waals surface area contributed by atoms with Gasteiger partial charge in [0.25, 0.3) is 5.91 Å². The first-order valence-electron chi connectivity index (χ1n) is 7.50. The number of benzene rings is 1. The second-order valence-corrected chi connectivity index (χ2v) is 5.98. The molecule has 3 nitrogen and oxygen atoms in total. The van der Waals surface area contributed by atoms with Crippen LogP contribution in [0, 0.1) is 5.92 Å². The first-order valence-corrected chi connectivity index (χ1v) is 7.50. The molecule has 20 heavy (non-hydrogen) atoms. The predicted molar refractivity (Wildman–Crippen MR) is 79.7 cm³/mol. The van der Waals surface area contributed by atoms with Gasteiger partial charge in [-0.05, 0) is 37.2 Å². The fourth-order valence-electron chi connectivity index (χ4n) is 2.63. The molecule has 2 rings (SSSR count). The molecule has 0 unspecified atom stereocenters. The van der Waals surface area contributed by atoms with Crippen molar-refractivity contribution in [2.24, 2.45) is 5.92 Å². The van der Waals surface area contributed by atoms with Gasteiger partial charge < -0.3 is 4.90 Å². The molecule has 1 aliphatic heterocycles. The number of likely N-dealkylation sites (tertiary alicyclic amines) is 1. The summed E-state index contributed by atoms with van der Waals surface area (Å²) in [6, 6.07) is 7.47. The minimum absolute atomic E-state index is 0.346. The van der Waals surface area contributed by atoms with Gasteiger partial charge in [0.15, 0.2) is 0 Å². The van der Waals surface area contributed by atoms with Gasteiger partial charge in [-0.2, -0.15) is 0 Å². The Morgan fingerprint density at radius 2 is 1.65 bits per heavy atom. The molecule has 3 heteroatoms. The Morgan fingerprint density at radius 3 is 2.20 bits per heavy atom. The largest absolute Gasteiger partial charge is 0.336 e. The fraction of sp³-hybridized carbons (Fsp3) is 0.529. The van der Waals surface area contributed by atoms with Crippen molar-refractivity contribution in [2.75, 3.05) is 13.1 Å². The van der Waals surface area contributed by atoms with Gasteiger partial charge >= 0.3 is 0 Å². The Labute approximate surface area is 121 Å². The Balaban J connectivity index is 2.02. The van der Waals surface area contributed by atoms with Crippen LogP contribution in [0.25, 0.3) is 0 Å². The summed E-state index contributed by atoms with van der Waals surface area (Å²) in [6.45, 7) is 5.77. The number of piperidine rings is 1. The van der Waals surface area contributed by atoms with Gasteiger partial charge in [-0.25, -0.2) is 0 Å². The smallest absolute Gasteiger partial charge is 0.294 e. The van der Waals surface area contributed by atoms with Gasteiger partial charge in [-0.3, -0.25) is 9.59 Å². The number of nitrogens with zero attached hydrogens (tertiary/aromatic N) is 1. The van der Waals surface area contributed by atoms with Crippen molar-refractivity contribution in [2.45, 2.75) is 39.5 Å². The van der Waals surface area contributed by atoms with Crippen molar-refractivity contribution in [1.82, 2.24) is 4.90 Å². The van der Waals surface area contributed by atoms with Crippen LogP contribution < -0.4 is 0 Å². The van der Waals surface area contributed by atoms with E-state index in [-0.39, 0.29) is 11.7 Å². The van der Waals surface area contributed by atoms with Crippen LogP contribution in [0.1, 0.15) is 49.0 Å². The zero-order chi connectivity index (χ0) is 14.5. The minimum Gasteiger partial charge on any atom is -0.336 e. The standard InChI is InChI=1S/C17H23NO2/c1-13(2)12-14-6-8-15(9-7-14)16(19)17(20)18-10-4-3-5-11-18/h6-9,13H,3-5,10-12H2,1-2H3. The molecule has 1 heterocycles. The number of hydrogen-bond donors (Lipinski definition) is 0. The third-order valence-electron chi connectivity index (χ3n) is 3.70. The van der Waals surface area contributed by atoms with Gasteiger partial charge in [0.05, 0.1) is 0 Å². The summed E-state index contributed by atoms with van der Waals surface area (Å²) in [4.78, 5) is 26.0. The number of carbonyl (C=O) groups excluding carboxylic acids is 2. The maximum absolute atomic E-state index is 12.2. The van der Waals surface area contributed by atoms with Crippen molar-refractivity contribution < 1.29 is 9.59 Å². The van der Waals surface area contributed by atoms with E-state index in [9.17, 15) is 9.59 Å². The Hall–Kier alpha value is -1.64. The van der Waals surface area contributed by atoms with Crippen molar-refractivity contribution in [3.05, 3.63) is 35.4 Å². The summed E-state index contributed by atoms with van der Waals surface area (Å²) in [5.74, 6) is -0.129. The highest BCUT2D eigenvalue weighted by Gasteiger charge is 2.24. The quantitative estimate of drug-likeness (QED) is 0.624. The van der Waals surface area contributed by atoms with Crippen LogP contribution in [-0.2, 0) is 11.2 Å². The summed E-state index contributed by atoms with van der Waals surface area (Å²) in [5, 5.41) is 0. The molecule has 0 radical (unpaired) electrons. The molecule has 1 aromatic rings. The molecule has 0 spiro atoms. The highest BCUT2D eigenvalue weighted by Crippen LogP contribution is 2.13. The normalized spacial score (nSPS) is 15.4. The molecule has 1 fully saturated rings. The molecule has 1 saturated heterocycles. The molecule has 108 valence electrons. The van der Waals surface area contributed by atoms with Gasteiger partial charge in [0.2, 0.25) is 5.78 Å². The van der Waals surface area contributed by atoms with Gasteiger partial charge in [-0.1, -0.05) is 38.1 Å². The topological polar surface area (TPSA) is 37.4 Å². The maximum Gasteiger partial charge on any atom is 0.294 e. The highest BCUT2D eigenvalue weighted by atomic mass is 16.2. The zero-order valence-electron chi connectivity index (χ0n) is 12.4. The molecule has 0 aliphatic carbocycles. The van der Waals surface area contributed by atoms with Crippen molar-refractivity contribution >= 4 is 11.7 Å². The van der Waals surface area contributed by atoms with Crippen LogP contribution in [0.3, 0.4) is 0 Å². The highest BCUT2D eigenvalue weighted by molar-refractivity contribution is 6.42. The molecule has 0 saturated carbocycles. The molecule has 0 N–H and O–H groups in total. The minimum atomic E-state index is -0.372. The van der Waals surface area contributed by atoms with Crippen LogP contribution in [0.5, 0.6) is 0 Å². The number of ketones is 1. The first-order chi connectivity index (χ1) is 9.58. The van der Waals surface area contributed by atoms with Crippen molar-refractivity contribution in [1.29, 1.82) is 0 Å². The number of rotatable bonds is 4. The van der Waals surface area contributed by atoms with E-state index >= 15 is 0 Å². The monoisotopic (exact) mass is 273 g/mol. The zero-order valence-corrected chi connectivity index (χ0v) is 12.4. The predicted octanol–water partition coefficient (Wildman–Crippen LogP) is 3.08. The molecule has 0 bridgehead atoms. The number of carbonyl (C=O) groups is 2. The van der Waals surface area contributed by atoms with E-state index in [1.807, 2.05) is 12.1 Å². The second-order valence-electron chi connectivity index (χ2n) is 5.98. The average Bonchev–Trinajstić information content (AvgIpc) is 2.47. The molecule has 0 aromatic heterocycles. The van der Waals surface area contributed by atoms with Crippen molar-refractivity contribution in [3.8, 4) is 0 Å². The lowest BCUT2D eigenvalue weighted by Gasteiger charge is -2.25. The Morgan fingerprint density at radius 1 is 1.05 bits per heavy atom. The van der Waals surface area contributed by atoms with Crippen LogP contribution in [-0.4, -0.2) is 29.7 Å². The number of hydrogen-bond acceptors (Lipinski definition) is 2. The lowest BCUT2D eigenvalue weighted by molar-refractivity contribution is -0.127. The maximum atomic E-state index is 12.2. The van der Waals surface area contributed by atoms with Crippen molar-refractivity contribution in [3.63, 3.8) is 0 Å². The molecular weight excluding hydrogens is 250 g/mol. The van der Waals surface area contributed by atoms with Gasteiger partial charge in [0.1, 0.15) is 0 Å². The van der Waals surface area contributed by atoms with Crippen LogP contribution >= 0.6 is 0 Å². The van der Waals surface area contributed by atoms with E-state index in [2.05, 4.69) is 13.8 Å². The van der Waals surface area contributed by atoms with E-state index in [1.54, 1.807) is 17.0 Å².